The minimum Gasteiger partial charge on any atom is -0.326 e. The molecule has 178 valence electrons. The molecule has 1 heterocycles. The Labute approximate surface area is 191 Å². The van der Waals surface area contributed by atoms with Crippen LogP contribution in [-0.2, 0) is 16.2 Å². The maximum absolute atomic E-state index is 12.9. The molecular formula is C21H17F3N4O5S. The highest BCUT2D eigenvalue weighted by Gasteiger charge is 2.30. The lowest BCUT2D eigenvalue weighted by Gasteiger charge is -2.12. The molecular weight excluding hydrogens is 477 g/mol. The number of pyridine rings is 1. The van der Waals surface area contributed by atoms with Crippen molar-refractivity contribution < 1.29 is 31.2 Å². The largest absolute Gasteiger partial charge is 0.416 e. The number of carbonyl (C=O) groups excluding carboxylic acids is 2. The first kappa shape index (κ1) is 24.5. The average Bonchev–Trinajstić information content (AvgIpc) is 2.76. The van der Waals surface area contributed by atoms with E-state index >= 15 is 0 Å². The fourth-order valence-corrected chi connectivity index (χ4v) is 3.88. The average molecular weight is 494 g/mol. The monoisotopic (exact) mass is 494 g/mol. The molecule has 0 aliphatic rings. The molecule has 0 radical (unpaired) electrons. The summed E-state index contributed by atoms with van der Waals surface area (Å²) in [5.74, 6) is -1.79. The van der Waals surface area contributed by atoms with Crippen LogP contribution in [0.4, 0.5) is 18.9 Å². The van der Waals surface area contributed by atoms with Crippen molar-refractivity contribution in [3.8, 4) is 0 Å². The first-order valence-corrected chi connectivity index (χ1v) is 11.0. The summed E-state index contributed by atoms with van der Waals surface area (Å²) in [7, 11) is -4.35. The number of halogens is 3. The molecule has 3 rings (SSSR count). The van der Waals surface area contributed by atoms with E-state index in [4.69, 9.17) is 0 Å². The molecule has 0 saturated heterocycles. The summed E-state index contributed by atoms with van der Waals surface area (Å²) in [6, 6.07) is 11.0. The van der Waals surface area contributed by atoms with Gasteiger partial charge in [-0.2, -0.15) is 13.2 Å². The van der Waals surface area contributed by atoms with E-state index in [0.29, 0.717) is 11.8 Å². The molecule has 0 spiro atoms. The van der Waals surface area contributed by atoms with E-state index in [9.17, 15) is 36.0 Å². The van der Waals surface area contributed by atoms with Crippen LogP contribution in [0.15, 0.2) is 70.4 Å². The first-order chi connectivity index (χ1) is 15.9. The zero-order chi connectivity index (χ0) is 25.1. The molecule has 0 unspecified atom stereocenters. The van der Waals surface area contributed by atoms with Crippen molar-refractivity contribution >= 4 is 27.5 Å². The second-order valence-corrected chi connectivity index (χ2v) is 8.69. The van der Waals surface area contributed by atoms with Crippen molar-refractivity contribution in [2.24, 2.45) is 0 Å². The van der Waals surface area contributed by atoms with Crippen LogP contribution in [0.1, 0.15) is 32.0 Å². The molecule has 2 amide bonds. The number of hydrazine groups is 1. The third-order valence-electron chi connectivity index (χ3n) is 4.44. The molecule has 0 aliphatic carbocycles. The van der Waals surface area contributed by atoms with Crippen LogP contribution in [0.5, 0.6) is 0 Å². The summed E-state index contributed by atoms with van der Waals surface area (Å²) in [4.78, 5) is 38.3. The molecule has 4 N–H and O–H groups in total. The number of amides is 2. The summed E-state index contributed by atoms with van der Waals surface area (Å²) in [5, 5.41) is 0. The smallest absolute Gasteiger partial charge is 0.326 e. The molecule has 34 heavy (non-hydrogen) atoms. The summed E-state index contributed by atoms with van der Waals surface area (Å²) in [6.45, 7) is 1.62. The number of rotatable bonds is 5. The number of carbonyl (C=O) groups is 2. The number of alkyl halides is 3. The van der Waals surface area contributed by atoms with E-state index < -0.39 is 44.0 Å². The Hall–Kier alpha value is -4.13. The molecule has 0 bridgehead atoms. The molecule has 9 nitrogen and oxygen atoms in total. The van der Waals surface area contributed by atoms with Gasteiger partial charge in [0.25, 0.3) is 27.4 Å². The zero-order valence-corrected chi connectivity index (χ0v) is 18.2. The summed E-state index contributed by atoms with van der Waals surface area (Å²) < 4.78 is 65.9. The molecule has 2 aromatic carbocycles. The van der Waals surface area contributed by atoms with Crippen molar-refractivity contribution in [2.75, 3.05) is 4.72 Å². The van der Waals surface area contributed by atoms with Gasteiger partial charge in [0, 0.05) is 16.9 Å². The van der Waals surface area contributed by atoms with Gasteiger partial charge in [0.2, 0.25) is 0 Å². The number of anilines is 1. The van der Waals surface area contributed by atoms with Gasteiger partial charge in [-0.1, -0.05) is 12.1 Å². The number of sulfonamides is 1. The maximum atomic E-state index is 12.9. The van der Waals surface area contributed by atoms with Gasteiger partial charge < -0.3 is 4.98 Å². The number of hydrogen-bond donors (Lipinski definition) is 4. The highest BCUT2D eigenvalue weighted by Crippen LogP contribution is 2.31. The lowest BCUT2D eigenvalue weighted by molar-refractivity contribution is -0.137. The fraction of sp³-hybridized carbons (Fsp3) is 0.0952. The Morgan fingerprint density at radius 2 is 1.59 bits per heavy atom. The van der Waals surface area contributed by atoms with Gasteiger partial charge in [-0.05, 0) is 55.5 Å². The minimum absolute atomic E-state index is 0.176. The number of aryl methyl sites for hydroxylation is 1. The minimum atomic E-state index is -4.66. The van der Waals surface area contributed by atoms with E-state index in [0.717, 1.165) is 30.3 Å². The molecule has 0 saturated carbocycles. The van der Waals surface area contributed by atoms with Crippen LogP contribution in [0, 0.1) is 6.92 Å². The van der Waals surface area contributed by atoms with Gasteiger partial charge in [-0.15, -0.1) is 0 Å². The van der Waals surface area contributed by atoms with E-state index in [-0.39, 0.29) is 16.8 Å². The van der Waals surface area contributed by atoms with Crippen LogP contribution in [0.3, 0.4) is 0 Å². The van der Waals surface area contributed by atoms with Gasteiger partial charge in [0.05, 0.1) is 10.5 Å². The SMILES string of the molecule is Cc1ccc(C(=O)NNC(=O)c2cccc(S(=O)(=O)Nc3cccc(C(F)(F)F)c3)c2)c(=O)[nH]1. The predicted octanol–water partition coefficient (Wildman–Crippen LogP) is 2.58. The third kappa shape index (κ3) is 5.81. The van der Waals surface area contributed by atoms with Crippen molar-refractivity contribution in [3.05, 3.63) is 93.4 Å². The van der Waals surface area contributed by atoms with Gasteiger partial charge >= 0.3 is 6.18 Å². The summed E-state index contributed by atoms with van der Waals surface area (Å²) in [6.07, 6.45) is -4.66. The van der Waals surface area contributed by atoms with Crippen LogP contribution in [-0.4, -0.2) is 25.2 Å². The van der Waals surface area contributed by atoms with Crippen LogP contribution in [0.2, 0.25) is 0 Å². The summed E-state index contributed by atoms with van der Waals surface area (Å²) >= 11 is 0. The highest BCUT2D eigenvalue weighted by molar-refractivity contribution is 7.92. The number of H-pyrrole nitrogens is 1. The fourth-order valence-electron chi connectivity index (χ4n) is 2.78. The predicted molar refractivity (Wildman–Crippen MR) is 115 cm³/mol. The molecule has 3 aromatic rings. The van der Waals surface area contributed by atoms with E-state index in [1.165, 1.54) is 24.3 Å². The number of hydrogen-bond acceptors (Lipinski definition) is 5. The Morgan fingerprint density at radius 3 is 2.26 bits per heavy atom. The van der Waals surface area contributed by atoms with E-state index in [2.05, 4.69) is 10.4 Å². The highest BCUT2D eigenvalue weighted by atomic mass is 32.2. The summed E-state index contributed by atoms with van der Waals surface area (Å²) in [5.41, 5.74) is 2.18. The maximum Gasteiger partial charge on any atom is 0.416 e. The number of aromatic amines is 1. The Morgan fingerprint density at radius 1 is 0.912 bits per heavy atom. The van der Waals surface area contributed by atoms with Crippen molar-refractivity contribution in [1.29, 1.82) is 0 Å². The van der Waals surface area contributed by atoms with Gasteiger partial charge in [-0.3, -0.25) is 30.0 Å². The van der Waals surface area contributed by atoms with Crippen molar-refractivity contribution in [3.63, 3.8) is 0 Å². The van der Waals surface area contributed by atoms with Crippen molar-refractivity contribution in [1.82, 2.24) is 15.8 Å². The molecule has 0 atom stereocenters. The first-order valence-electron chi connectivity index (χ1n) is 9.47. The molecule has 13 heteroatoms. The van der Waals surface area contributed by atoms with Crippen LogP contribution < -0.4 is 21.1 Å². The van der Waals surface area contributed by atoms with E-state index in [1.54, 1.807) is 6.92 Å². The number of aromatic nitrogens is 1. The Balaban J connectivity index is 1.74. The molecule has 0 aliphatic heterocycles. The normalized spacial score (nSPS) is 11.5. The van der Waals surface area contributed by atoms with Crippen LogP contribution in [0.25, 0.3) is 0 Å². The standard InChI is InChI=1S/C21H17F3N4O5S/c1-12-8-9-17(19(30)25-12)20(31)27-26-18(29)13-4-2-7-16(10-13)34(32,33)28-15-6-3-5-14(11-15)21(22,23)24/h2-11,28H,1H3,(H,25,30)(H,26,29)(H,27,31). The Bertz CT molecular complexity index is 1420. The molecule has 0 fully saturated rings. The lowest BCUT2D eigenvalue weighted by atomic mass is 10.2. The second-order valence-electron chi connectivity index (χ2n) is 7.00. The lowest BCUT2D eigenvalue weighted by Crippen LogP contribution is -2.43. The second kappa shape index (κ2) is 9.39. The van der Waals surface area contributed by atoms with Gasteiger partial charge in [-0.25, -0.2) is 8.42 Å². The van der Waals surface area contributed by atoms with Gasteiger partial charge in [0.15, 0.2) is 0 Å². The molecule has 1 aromatic heterocycles. The number of nitrogens with one attached hydrogen (secondary N) is 4. The quantitative estimate of drug-likeness (QED) is 0.404. The Kier molecular flexibility index (Phi) is 6.77. The zero-order valence-electron chi connectivity index (χ0n) is 17.4. The van der Waals surface area contributed by atoms with Crippen LogP contribution >= 0.6 is 0 Å². The number of benzene rings is 2. The van der Waals surface area contributed by atoms with Gasteiger partial charge in [0.1, 0.15) is 5.56 Å². The van der Waals surface area contributed by atoms with Crippen molar-refractivity contribution in [2.45, 2.75) is 18.0 Å². The topological polar surface area (TPSA) is 137 Å². The third-order valence-corrected chi connectivity index (χ3v) is 5.82. The van der Waals surface area contributed by atoms with E-state index in [1.807, 2.05) is 10.1 Å².